The smallest absolute Gasteiger partial charge is 0.309 e. The van der Waals surface area contributed by atoms with E-state index in [2.05, 4.69) is 20.8 Å². The molecular formula is C27H48O2. The third-order valence-electron chi connectivity index (χ3n) is 8.87. The van der Waals surface area contributed by atoms with E-state index in [0.717, 1.165) is 55.3 Å². The minimum atomic E-state index is 0.139. The molecule has 0 amide bonds. The fourth-order valence-corrected chi connectivity index (χ4v) is 6.66. The van der Waals surface area contributed by atoms with Gasteiger partial charge in [0.15, 0.2) is 0 Å². The van der Waals surface area contributed by atoms with Gasteiger partial charge in [-0.2, -0.15) is 0 Å². The topological polar surface area (TPSA) is 26.3 Å². The Kier molecular flexibility index (Phi) is 9.38. The molecule has 2 nitrogen and oxygen atoms in total. The van der Waals surface area contributed by atoms with Crippen LogP contribution in [0.3, 0.4) is 0 Å². The molecule has 1 atom stereocenters. The summed E-state index contributed by atoms with van der Waals surface area (Å²) in [5.74, 6) is 4.92. The molecule has 0 aliphatic heterocycles. The molecule has 3 fully saturated rings. The molecule has 0 aromatic carbocycles. The summed E-state index contributed by atoms with van der Waals surface area (Å²) in [5, 5.41) is 0. The molecule has 0 aromatic heterocycles. The summed E-state index contributed by atoms with van der Waals surface area (Å²) in [6.45, 7) is 7.03. The second kappa shape index (κ2) is 11.8. The van der Waals surface area contributed by atoms with Gasteiger partial charge in [0.05, 0.1) is 5.92 Å². The zero-order chi connectivity index (χ0) is 20.6. The Labute approximate surface area is 180 Å². The maximum Gasteiger partial charge on any atom is 0.309 e. The van der Waals surface area contributed by atoms with E-state index in [0.29, 0.717) is 0 Å². The van der Waals surface area contributed by atoms with Crippen LogP contribution in [0.2, 0.25) is 0 Å². The van der Waals surface area contributed by atoms with E-state index in [-0.39, 0.29) is 18.0 Å². The van der Waals surface area contributed by atoms with Crippen LogP contribution in [0, 0.1) is 35.5 Å². The fourth-order valence-electron chi connectivity index (χ4n) is 6.66. The summed E-state index contributed by atoms with van der Waals surface area (Å²) in [6.07, 6.45) is 20.9. The first-order chi connectivity index (χ1) is 14.1. The molecule has 0 bridgehead atoms. The van der Waals surface area contributed by atoms with Gasteiger partial charge in [0, 0.05) is 0 Å². The van der Waals surface area contributed by atoms with Crippen LogP contribution in [-0.2, 0) is 9.53 Å². The van der Waals surface area contributed by atoms with E-state index >= 15 is 0 Å². The highest BCUT2D eigenvalue weighted by molar-refractivity contribution is 5.72. The van der Waals surface area contributed by atoms with Crippen molar-refractivity contribution < 1.29 is 9.53 Å². The lowest BCUT2D eigenvalue weighted by Crippen LogP contribution is -2.32. The van der Waals surface area contributed by atoms with Gasteiger partial charge in [-0.05, 0) is 100 Å². The third kappa shape index (κ3) is 7.00. The molecule has 3 aliphatic carbocycles. The SMILES string of the molecule is CCCC1CCC(OC(=O)C2CCC(C3CCC(CC(C)CC)CC3)CC2)CC1. The molecule has 3 saturated carbocycles. The quantitative estimate of drug-likeness (QED) is 0.384. The van der Waals surface area contributed by atoms with Crippen molar-refractivity contribution >= 4 is 5.97 Å². The Morgan fingerprint density at radius 3 is 1.90 bits per heavy atom. The van der Waals surface area contributed by atoms with E-state index in [4.69, 9.17) is 4.74 Å². The van der Waals surface area contributed by atoms with Gasteiger partial charge < -0.3 is 4.74 Å². The highest BCUT2D eigenvalue weighted by Gasteiger charge is 2.34. The van der Waals surface area contributed by atoms with Gasteiger partial charge in [0.25, 0.3) is 0 Å². The van der Waals surface area contributed by atoms with E-state index in [1.165, 1.54) is 77.0 Å². The van der Waals surface area contributed by atoms with Gasteiger partial charge >= 0.3 is 5.97 Å². The predicted molar refractivity (Wildman–Crippen MR) is 122 cm³/mol. The molecule has 0 aromatic rings. The highest BCUT2D eigenvalue weighted by Crippen LogP contribution is 2.43. The summed E-state index contributed by atoms with van der Waals surface area (Å²) >= 11 is 0. The Morgan fingerprint density at radius 2 is 1.34 bits per heavy atom. The van der Waals surface area contributed by atoms with Crippen molar-refractivity contribution in [3.63, 3.8) is 0 Å². The van der Waals surface area contributed by atoms with E-state index in [1.807, 2.05) is 0 Å². The standard InChI is InChI=1S/C27H48O2/c1-4-6-21-9-17-26(18-10-21)29-27(28)25-15-13-24(14-16-25)23-11-7-22(8-12-23)19-20(3)5-2/h20-26H,4-19H2,1-3H3. The van der Waals surface area contributed by atoms with Gasteiger partial charge in [-0.3, -0.25) is 4.79 Å². The number of hydrogen-bond donors (Lipinski definition) is 0. The molecule has 0 spiro atoms. The van der Waals surface area contributed by atoms with Gasteiger partial charge in [-0.25, -0.2) is 0 Å². The lowest BCUT2D eigenvalue weighted by Gasteiger charge is -2.38. The number of hydrogen-bond acceptors (Lipinski definition) is 2. The monoisotopic (exact) mass is 404 g/mol. The number of carbonyl (C=O) groups excluding carboxylic acids is 1. The first-order valence-corrected chi connectivity index (χ1v) is 13.3. The van der Waals surface area contributed by atoms with Crippen LogP contribution in [0.4, 0.5) is 0 Å². The fraction of sp³-hybridized carbons (Fsp3) is 0.963. The van der Waals surface area contributed by atoms with Crippen LogP contribution in [0.15, 0.2) is 0 Å². The van der Waals surface area contributed by atoms with Crippen LogP contribution in [0.25, 0.3) is 0 Å². The van der Waals surface area contributed by atoms with Crippen LogP contribution in [0.5, 0.6) is 0 Å². The van der Waals surface area contributed by atoms with Crippen molar-refractivity contribution in [3.05, 3.63) is 0 Å². The van der Waals surface area contributed by atoms with Crippen molar-refractivity contribution in [1.29, 1.82) is 0 Å². The van der Waals surface area contributed by atoms with Crippen molar-refractivity contribution in [3.8, 4) is 0 Å². The summed E-state index contributed by atoms with van der Waals surface area (Å²) in [4.78, 5) is 12.7. The van der Waals surface area contributed by atoms with E-state index < -0.39 is 0 Å². The molecule has 29 heavy (non-hydrogen) atoms. The maximum absolute atomic E-state index is 12.7. The zero-order valence-corrected chi connectivity index (χ0v) is 19.7. The normalized spacial score (nSPS) is 37.1. The van der Waals surface area contributed by atoms with Gasteiger partial charge in [-0.15, -0.1) is 0 Å². The second-order valence-corrected chi connectivity index (χ2v) is 11.0. The van der Waals surface area contributed by atoms with Crippen LogP contribution in [0.1, 0.15) is 124 Å². The zero-order valence-electron chi connectivity index (χ0n) is 19.7. The summed E-state index contributed by atoms with van der Waals surface area (Å²) < 4.78 is 5.96. The second-order valence-electron chi connectivity index (χ2n) is 11.0. The van der Waals surface area contributed by atoms with Crippen molar-refractivity contribution in [2.45, 2.75) is 130 Å². The molecule has 168 valence electrons. The first-order valence-electron chi connectivity index (χ1n) is 13.3. The molecule has 0 heterocycles. The van der Waals surface area contributed by atoms with Crippen LogP contribution in [-0.4, -0.2) is 12.1 Å². The van der Waals surface area contributed by atoms with Crippen molar-refractivity contribution in [2.75, 3.05) is 0 Å². The molecular weight excluding hydrogens is 356 g/mol. The Morgan fingerprint density at radius 1 is 0.793 bits per heavy atom. The van der Waals surface area contributed by atoms with E-state index in [1.54, 1.807) is 0 Å². The molecule has 1 unspecified atom stereocenters. The third-order valence-corrected chi connectivity index (χ3v) is 8.87. The summed E-state index contributed by atoms with van der Waals surface area (Å²) in [6, 6.07) is 0. The van der Waals surface area contributed by atoms with Gasteiger partial charge in [0.1, 0.15) is 6.10 Å². The lowest BCUT2D eigenvalue weighted by molar-refractivity contribution is -0.157. The summed E-state index contributed by atoms with van der Waals surface area (Å²) in [7, 11) is 0. The van der Waals surface area contributed by atoms with Crippen LogP contribution < -0.4 is 0 Å². The number of esters is 1. The number of carbonyl (C=O) groups is 1. The Balaban J connectivity index is 1.33. The first kappa shape index (κ1) is 23.1. The van der Waals surface area contributed by atoms with Crippen LogP contribution >= 0.6 is 0 Å². The number of ether oxygens (including phenoxy) is 1. The highest BCUT2D eigenvalue weighted by atomic mass is 16.5. The van der Waals surface area contributed by atoms with Crippen molar-refractivity contribution in [1.82, 2.24) is 0 Å². The van der Waals surface area contributed by atoms with Gasteiger partial charge in [-0.1, -0.05) is 52.9 Å². The van der Waals surface area contributed by atoms with Crippen molar-refractivity contribution in [2.24, 2.45) is 35.5 Å². The predicted octanol–water partition coefficient (Wildman–Crippen LogP) is 7.94. The molecule has 0 saturated heterocycles. The average Bonchev–Trinajstić information content (AvgIpc) is 2.76. The Bertz CT molecular complexity index is 463. The minimum Gasteiger partial charge on any atom is -0.462 e. The average molecular weight is 405 g/mol. The van der Waals surface area contributed by atoms with E-state index in [9.17, 15) is 4.79 Å². The minimum absolute atomic E-state index is 0.139. The largest absolute Gasteiger partial charge is 0.462 e. The lowest BCUT2D eigenvalue weighted by atomic mass is 9.68. The molecule has 3 aliphatic rings. The number of rotatable bonds is 8. The van der Waals surface area contributed by atoms with Gasteiger partial charge in [0.2, 0.25) is 0 Å². The maximum atomic E-state index is 12.7. The molecule has 3 rings (SSSR count). The molecule has 2 heteroatoms. The summed E-state index contributed by atoms with van der Waals surface area (Å²) in [5.41, 5.74) is 0. The Hall–Kier alpha value is -0.530. The molecule has 0 radical (unpaired) electrons. The molecule has 0 N–H and O–H groups in total.